The minimum Gasteiger partial charge on any atom is -0.493 e. The zero-order valence-corrected chi connectivity index (χ0v) is 14.9. The fraction of sp³-hybridized carbons (Fsp3) is 0.353. The lowest BCUT2D eigenvalue weighted by atomic mass is 10.1. The van der Waals surface area contributed by atoms with Crippen LogP contribution in [-0.2, 0) is 9.47 Å². The van der Waals surface area contributed by atoms with Gasteiger partial charge in [-0.2, -0.15) is 0 Å². The number of ether oxygens (including phenoxy) is 4. The van der Waals surface area contributed by atoms with Crippen LogP contribution in [0.2, 0.25) is 0 Å². The van der Waals surface area contributed by atoms with E-state index >= 15 is 0 Å². The van der Waals surface area contributed by atoms with E-state index in [9.17, 15) is 0 Å². The molecule has 0 bridgehead atoms. The van der Waals surface area contributed by atoms with Crippen molar-refractivity contribution in [1.82, 2.24) is 4.98 Å². The summed E-state index contributed by atoms with van der Waals surface area (Å²) < 4.78 is 23.0. The van der Waals surface area contributed by atoms with E-state index in [2.05, 4.69) is 20.9 Å². The Morgan fingerprint density at radius 2 is 2.12 bits per heavy atom. The molecule has 128 valence electrons. The number of rotatable bonds is 5. The number of hydrogen-bond donors (Lipinski definition) is 1. The minimum atomic E-state index is -0.0552. The third kappa shape index (κ3) is 3.98. The number of pyridine rings is 1. The van der Waals surface area contributed by atoms with Crippen molar-refractivity contribution >= 4 is 21.7 Å². The van der Waals surface area contributed by atoms with Gasteiger partial charge in [-0.25, -0.2) is 4.98 Å². The number of halogens is 1. The Hall–Kier alpha value is -1.83. The van der Waals surface area contributed by atoms with Gasteiger partial charge in [0.15, 0.2) is 11.5 Å². The van der Waals surface area contributed by atoms with Crippen molar-refractivity contribution in [1.29, 1.82) is 0 Å². The molecular formula is C17H19BrN2O4. The molecule has 0 radical (unpaired) electrons. The van der Waals surface area contributed by atoms with Crippen LogP contribution in [0.3, 0.4) is 0 Å². The summed E-state index contributed by atoms with van der Waals surface area (Å²) >= 11 is 3.39. The Kier molecular flexibility index (Phi) is 5.55. The van der Waals surface area contributed by atoms with E-state index in [4.69, 9.17) is 24.7 Å². The van der Waals surface area contributed by atoms with Crippen LogP contribution in [-0.4, -0.2) is 44.6 Å². The van der Waals surface area contributed by atoms with E-state index < -0.39 is 0 Å². The van der Waals surface area contributed by atoms with Crippen molar-refractivity contribution in [2.45, 2.75) is 6.10 Å². The van der Waals surface area contributed by atoms with Crippen LogP contribution in [0, 0.1) is 0 Å². The summed E-state index contributed by atoms with van der Waals surface area (Å²) in [5, 5.41) is 0. The summed E-state index contributed by atoms with van der Waals surface area (Å²) in [7, 11) is 1.61. The summed E-state index contributed by atoms with van der Waals surface area (Å²) in [6.45, 7) is 2.21. The molecule has 0 saturated carbocycles. The molecule has 1 saturated heterocycles. The zero-order chi connectivity index (χ0) is 16.9. The number of nitrogens with two attached hydrogens (primary N) is 1. The highest BCUT2D eigenvalue weighted by atomic mass is 79.9. The minimum absolute atomic E-state index is 0.0552. The molecular weight excluding hydrogens is 376 g/mol. The standard InChI is InChI=1S/C17H19BrN2O4/c1-21-16-7-11(12-6-14(18)17(19)20-8-12)2-3-15(16)24-10-13-9-22-4-5-23-13/h2-3,6-8,13H,4-5,9-10H2,1H3,(H2,19,20)/t13-/m0/s1. The van der Waals surface area contributed by atoms with Crippen molar-refractivity contribution in [3.05, 3.63) is 34.9 Å². The van der Waals surface area contributed by atoms with Gasteiger partial charge in [0.2, 0.25) is 0 Å². The maximum atomic E-state index is 5.83. The van der Waals surface area contributed by atoms with Crippen LogP contribution < -0.4 is 15.2 Å². The lowest BCUT2D eigenvalue weighted by Gasteiger charge is -2.23. The highest BCUT2D eigenvalue weighted by Crippen LogP contribution is 2.34. The van der Waals surface area contributed by atoms with E-state index in [0.717, 1.165) is 15.6 Å². The lowest BCUT2D eigenvalue weighted by molar-refractivity contribution is -0.101. The van der Waals surface area contributed by atoms with Gasteiger partial charge in [0.1, 0.15) is 18.5 Å². The van der Waals surface area contributed by atoms with Crippen molar-refractivity contribution in [2.24, 2.45) is 0 Å². The topological polar surface area (TPSA) is 75.8 Å². The van der Waals surface area contributed by atoms with Crippen LogP contribution in [0.4, 0.5) is 5.82 Å². The fourth-order valence-electron chi connectivity index (χ4n) is 2.39. The summed E-state index contributed by atoms with van der Waals surface area (Å²) in [4.78, 5) is 4.16. The van der Waals surface area contributed by atoms with Crippen LogP contribution in [0.5, 0.6) is 11.5 Å². The zero-order valence-electron chi connectivity index (χ0n) is 13.3. The molecule has 0 unspecified atom stereocenters. The van der Waals surface area contributed by atoms with Gasteiger partial charge in [-0.15, -0.1) is 0 Å². The smallest absolute Gasteiger partial charge is 0.161 e. The second-order valence-corrected chi connectivity index (χ2v) is 6.19. The predicted molar refractivity (Wildman–Crippen MR) is 94.4 cm³/mol. The fourth-order valence-corrected chi connectivity index (χ4v) is 2.74. The third-order valence-electron chi connectivity index (χ3n) is 3.68. The number of anilines is 1. The number of methoxy groups -OCH3 is 1. The second-order valence-electron chi connectivity index (χ2n) is 5.34. The normalized spacial score (nSPS) is 17.5. The van der Waals surface area contributed by atoms with Gasteiger partial charge in [-0.05, 0) is 39.7 Å². The molecule has 2 aromatic rings. The summed E-state index contributed by atoms with van der Waals surface area (Å²) in [5.74, 6) is 1.77. The van der Waals surface area contributed by atoms with Gasteiger partial charge < -0.3 is 24.7 Å². The molecule has 1 atom stereocenters. The molecule has 1 fully saturated rings. The highest BCUT2D eigenvalue weighted by Gasteiger charge is 2.16. The summed E-state index contributed by atoms with van der Waals surface area (Å²) in [6.07, 6.45) is 1.67. The maximum Gasteiger partial charge on any atom is 0.161 e. The van der Waals surface area contributed by atoms with Gasteiger partial charge in [-0.3, -0.25) is 0 Å². The number of benzene rings is 1. The van der Waals surface area contributed by atoms with Crippen LogP contribution in [0.15, 0.2) is 34.9 Å². The van der Waals surface area contributed by atoms with Gasteiger partial charge in [0.05, 0.1) is 31.4 Å². The maximum absolute atomic E-state index is 5.83. The third-order valence-corrected chi connectivity index (χ3v) is 4.31. The molecule has 24 heavy (non-hydrogen) atoms. The van der Waals surface area contributed by atoms with Crippen LogP contribution in [0.25, 0.3) is 11.1 Å². The molecule has 1 aromatic carbocycles. The SMILES string of the molecule is COc1cc(-c2cnc(N)c(Br)c2)ccc1OC[C@@H]1COCCO1. The first-order valence-electron chi connectivity index (χ1n) is 7.59. The highest BCUT2D eigenvalue weighted by molar-refractivity contribution is 9.10. The van der Waals surface area contributed by atoms with Crippen LogP contribution >= 0.6 is 15.9 Å². The monoisotopic (exact) mass is 394 g/mol. The van der Waals surface area contributed by atoms with Crippen molar-refractivity contribution in [2.75, 3.05) is 39.3 Å². The molecule has 3 rings (SSSR count). The molecule has 7 heteroatoms. The second kappa shape index (κ2) is 7.83. The molecule has 0 aliphatic carbocycles. The first-order valence-corrected chi connectivity index (χ1v) is 8.38. The Bertz CT molecular complexity index is 705. The molecule has 2 heterocycles. The van der Waals surface area contributed by atoms with Crippen molar-refractivity contribution in [3.63, 3.8) is 0 Å². The van der Waals surface area contributed by atoms with E-state index in [-0.39, 0.29) is 6.10 Å². The van der Waals surface area contributed by atoms with E-state index in [1.165, 1.54) is 0 Å². The van der Waals surface area contributed by atoms with Gasteiger partial charge >= 0.3 is 0 Å². The van der Waals surface area contributed by atoms with Gasteiger partial charge in [0, 0.05) is 11.8 Å². The van der Waals surface area contributed by atoms with Crippen LogP contribution in [0.1, 0.15) is 0 Å². The van der Waals surface area contributed by atoms with E-state index in [1.807, 2.05) is 24.3 Å². The van der Waals surface area contributed by atoms with E-state index in [1.54, 1.807) is 13.3 Å². The molecule has 2 N–H and O–H groups in total. The average molecular weight is 395 g/mol. The molecule has 0 spiro atoms. The number of nitrogen functional groups attached to an aromatic ring is 1. The Labute approximate surface area is 149 Å². The Morgan fingerprint density at radius 3 is 2.83 bits per heavy atom. The summed E-state index contributed by atoms with van der Waals surface area (Å²) in [6, 6.07) is 7.66. The lowest BCUT2D eigenvalue weighted by Crippen LogP contribution is -2.33. The summed E-state index contributed by atoms with van der Waals surface area (Å²) in [5.41, 5.74) is 7.63. The molecule has 1 aliphatic heterocycles. The molecule has 1 aliphatic rings. The first-order chi connectivity index (χ1) is 11.7. The van der Waals surface area contributed by atoms with E-state index in [0.29, 0.717) is 43.7 Å². The van der Waals surface area contributed by atoms with Crippen molar-refractivity contribution in [3.8, 4) is 22.6 Å². The molecule has 0 amide bonds. The molecule has 1 aromatic heterocycles. The quantitative estimate of drug-likeness (QED) is 0.839. The average Bonchev–Trinajstić information content (AvgIpc) is 2.63. The molecule has 6 nitrogen and oxygen atoms in total. The van der Waals surface area contributed by atoms with Crippen molar-refractivity contribution < 1.29 is 18.9 Å². The first kappa shape index (κ1) is 17.0. The predicted octanol–water partition coefficient (Wildman–Crippen LogP) is 2.90. The van der Waals surface area contributed by atoms with Gasteiger partial charge in [0.25, 0.3) is 0 Å². The number of hydrogen-bond acceptors (Lipinski definition) is 6. The Balaban J connectivity index is 1.75. The number of aromatic nitrogens is 1. The Morgan fingerprint density at radius 1 is 1.25 bits per heavy atom. The number of nitrogens with zero attached hydrogens (tertiary/aromatic N) is 1. The largest absolute Gasteiger partial charge is 0.493 e. The van der Waals surface area contributed by atoms with Gasteiger partial charge in [-0.1, -0.05) is 6.07 Å².